The van der Waals surface area contributed by atoms with Crippen molar-refractivity contribution in [1.29, 1.82) is 0 Å². The largest absolute Gasteiger partial charge is 0.453 e. The minimum absolute atomic E-state index is 0.411. The van der Waals surface area contributed by atoms with Crippen LogP contribution in [0.4, 0.5) is 0 Å². The van der Waals surface area contributed by atoms with Crippen molar-refractivity contribution in [2.75, 3.05) is 0 Å². The third-order valence-corrected chi connectivity index (χ3v) is 2.10. The molecule has 4 heteroatoms. The van der Waals surface area contributed by atoms with Crippen molar-refractivity contribution in [3.05, 3.63) is 53.9 Å². The van der Waals surface area contributed by atoms with Crippen molar-refractivity contribution in [3.8, 4) is 0 Å². The zero-order valence-corrected chi connectivity index (χ0v) is 7.96. The summed E-state index contributed by atoms with van der Waals surface area (Å²) in [5.41, 5.74) is 1.67. The molecular weight excluding hydrogens is 192 g/mol. The van der Waals surface area contributed by atoms with Gasteiger partial charge in [-0.15, -0.1) is 0 Å². The molecular formula is C11H10N2O2. The SMILES string of the molecule is O=COC(c1ccccc1)c1ccn[nH]1. The highest BCUT2D eigenvalue weighted by Crippen LogP contribution is 2.22. The van der Waals surface area contributed by atoms with Gasteiger partial charge in [0.25, 0.3) is 6.47 Å². The Morgan fingerprint density at radius 2 is 2.07 bits per heavy atom. The molecule has 0 saturated carbocycles. The number of benzene rings is 1. The average Bonchev–Trinajstić information content (AvgIpc) is 2.80. The van der Waals surface area contributed by atoms with Gasteiger partial charge in [-0.3, -0.25) is 9.89 Å². The maximum atomic E-state index is 10.4. The van der Waals surface area contributed by atoms with Crippen molar-refractivity contribution in [3.63, 3.8) is 0 Å². The summed E-state index contributed by atoms with van der Waals surface area (Å²) >= 11 is 0. The number of carbonyl (C=O) groups excluding carboxylic acids is 1. The molecule has 0 spiro atoms. The van der Waals surface area contributed by atoms with Gasteiger partial charge in [-0.1, -0.05) is 30.3 Å². The van der Waals surface area contributed by atoms with Gasteiger partial charge in [-0.25, -0.2) is 0 Å². The highest BCUT2D eigenvalue weighted by atomic mass is 16.5. The molecule has 0 aliphatic heterocycles. The summed E-state index contributed by atoms with van der Waals surface area (Å²) in [4.78, 5) is 10.4. The van der Waals surface area contributed by atoms with Gasteiger partial charge in [-0.2, -0.15) is 5.10 Å². The first-order valence-corrected chi connectivity index (χ1v) is 4.55. The second kappa shape index (κ2) is 4.41. The Morgan fingerprint density at radius 3 is 2.67 bits per heavy atom. The summed E-state index contributed by atoms with van der Waals surface area (Å²) in [7, 11) is 0. The summed E-state index contributed by atoms with van der Waals surface area (Å²) in [6.45, 7) is 0.443. The summed E-state index contributed by atoms with van der Waals surface area (Å²) in [5, 5.41) is 6.62. The molecule has 1 atom stereocenters. The fraction of sp³-hybridized carbons (Fsp3) is 0.0909. The Labute approximate surface area is 86.9 Å². The first-order valence-electron chi connectivity index (χ1n) is 4.55. The molecule has 2 aromatic rings. The van der Waals surface area contributed by atoms with E-state index in [0.29, 0.717) is 6.47 Å². The molecule has 76 valence electrons. The van der Waals surface area contributed by atoms with E-state index in [1.807, 2.05) is 30.3 Å². The molecule has 4 nitrogen and oxygen atoms in total. The van der Waals surface area contributed by atoms with E-state index in [2.05, 4.69) is 10.2 Å². The second-order valence-electron chi connectivity index (χ2n) is 3.04. The van der Waals surface area contributed by atoms with Crippen molar-refractivity contribution in [2.24, 2.45) is 0 Å². The van der Waals surface area contributed by atoms with E-state index in [1.165, 1.54) is 0 Å². The number of rotatable bonds is 4. The van der Waals surface area contributed by atoms with Crippen molar-refractivity contribution in [2.45, 2.75) is 6.10 Å². The minimum Gasteiger partial charge on any atom is -0.453 e. The normalized spacial score (nSPS) is 12.0. The Kier molecular flexibility index (Phi) is 2.78. The van der Waals surface area contributed by atoms with Crippen LogP contribution in [-0.4, -0.2) is 16.7 Å². The highest BCUT2D eigenvalue weighted by molar-refractivity contribution is 5.40. The number of carbonyl (C=O) groups is 1. The molecule has 2 rings (SSSR count). The van der Waals surface area contributed by atoms with Gasteiger partial charge >= 0.3 is 0 Å². The third-order valence-electron chi connectivity index (χ3n) is 2.10. The Hall–Kier alpha value is -2.10. The molecule has 0 amide bonds. The number of hydrogen-bond acceptors (Lipinski definition) is 3. The van der Waals surface area contributed by atoms with Crippen molar-refractivity contribution >= 4 is 6.47 Å². The topological polar surface area (TPSA) is 55.0 Å². The van der Waals surface area contributed by atoms with Crippen molar-refractivity contribution in [1.82, 2.24) is 10.2 Å². The van der Waals surface area contributed by atoms with E-state index >= 15 is 0 Å². The van der Waals surface area contributed by atoms with E-state index in [1.54, 1.807) is 12.3 Å². The summed E-state index contributed by atoms with van der Waals surface area (Å²) in [5.74, 6) is 0. The van der Waals surface area contributed by atoms with Gasteiger partial charge in [0.05, 0.1) is 5.69 Å². The molecule has 0 aliphatic rings. The molecule has 0 fully saturated rings. The lowest BCUT2D eigenvalue weighted by atomic mass is 10.1. The lowest BCUT2D eigenvalue weighted by Gasteiger charge is -2.13. The van der Waals surface area contributed by atoms with Crippen LogP contribution in [0.1, 0.15) is 17.4 Å². The van der Waals surface area contributed by atoms with E-state index in [9.17, 15) is 4.79 Å². The Bertz CT molecular complexity index is 411. The lowest BCUT2D eigenvalue weighted by Crippen LogP contribution is -2.05. The molecule has 0 radical (unpaired) electrons. The summed E-state index contributed by atoms with van der Waals surface area (Å²) in [6.07, 6.45) is 1.21. The number of H-pyrrole nitrogens is 1. The first kappa shape index (κ1) is 9.45. The molecule has 1 aromatic carbocycles. The molecule has 0 saturated heterocycles. The zero-order valence-electron chi connectivity index (χ0n) is 7.96. The van der Waals surface area contributed by atoms with Gasteiger partial charge in [0.2, 0.25) is 0 Å². The number of nitrogens with one attached hydrogen (secondary N) is 1. The maximum Gasteiger partial charge on any atom is 0.294 e. The highest BCUT2D eigenvalue weighted by Gasteiger charge is 2.15. The smallest absolute Gasteiger partial charge is 0.294 e. The predicted octanol–water partition coefficient (Wildman–Crippen LogP) is 1.67. The zero-order chi connectivity index (χ0) is 10.5. The third kappa shape index (κ3) is 2.04. The Morgan fingerprint density at radius 1 is 1.27 bits per heavy atom. The molecule has 0 bridgehead atoms. The number of aromatic amines is 1. The monoisotopic (exact) mass is 202 g/mol. The van der Waals surface area contributed by atoms with Crippen LogP contribution in [0.25, 0.3) is 0 Å². The molecule has 1 heterocycles. The number of nitrogens with zero attached hydrogens (tertiary/aromatic N) is 1. The lowest BCUT2D eigenvalue weighted by molar-refractivity contribution is -0.132. The van der Waals surface area contributed by atoms with Gasteiger partial charge in [0.15, 0.2) is 6.10 Å². The quantitative estimate of drug-likeness (QED) is 0.767. The van der Waals surface area contributed by atoms with Crippen LogP contribution < -0.4 is 0 Å². The van der Waals surface area contributed by atoms with Crippen LogP contribution in [0.2, 0.25) is 0 Å². The minimum atomic E-state index is -0.411. The average molecular weight is 202 g/mol. The molecule has 0 aliphatic carbocycles. The summed E-state index contributed by atoms with van der Waals surface area (Å²) < 4.78 is 5.02. The van der Waals surface area contributed by atoms with Crippen LogP contribution in [0.5, 0.6) is 0 Å². The van der Waals surface area contributed by atoms with Crippen molar-refractivity contribution < 1.29 is 9.53 Å². The van der Waals surface area contributed by atoms with E-state index in [4.69, 9.17) is 4.74 Å². The van der Waals surface area contributed by atoms with Crippen LogP contribution in [0.3, 0.4) is 0 Å². The Balaban J connectivity index is 2.32. The van der Waals surface area contributed by atoms with Crippen LogP contribution in [0.15, 0.2) is 42.6 Å². The van der Waals surface area contributed by atoms with Gasteiger partial charge in [0.1, 0.15) is 0 Å². The van der Waals surface area contributed by atoms with Crippen LogP contribution in [0, 0.1) is 0 Å². The second-order valence-corrected chi connectivity index (χ2v) is 3.04. The van der Waals surface area contributed by atoms with Gasteiger partial charge in [0, 0.05) is 6.20 Å². The fourth-order valence-electron chi connectivity index (χ4n) is 1.43. The van der Waals surface area contributed by atoms with Crippen LogP contribution in [-0.2, 0) is 9.53 Å². The number of hydrogen-bond donors (Lipinski definition) is 1. The predicted molar refractivity (Wildman–Crippen MR) is 54.0 cm³/mol. The molecule has 1 N–H and O–H groups in total. The standard InChI is InChI=1S/C11H10N2O2/c14-8-15-11(10-6-7-12-13-10)9-4-2-1-3-5-9/h1-8,11H,(H,12,13). The number of aromatic nitrogens is 2. The number of ether oxygens (including phenoxy) is 1. The summed E-state index contributed by atoms with van der Waals surface area (Å²) in [6, 6.07) is 11.3. The van der Waals surface area contributed by atoms with E-state index < -0.39 is 6.10 Å². The first-order chi connectivity index (χ1) is 7.42. The van der Waals surface area contributed by atoms with Gasteiger partial charge < -0.3 is 4.74 Å². The van der Waals surface area contributed by atoms with E-state index in [-0.39, 0.29) is 0 Å². The molecule has 1 aromatic heterocycles. The molecule has 1 unspecified atom stereocenters. The maximum absolute atomic E-state index is 10.4. The van der Waals surface area contributed by atoms with Gasteiger partial charge in [-0.05, 0) is 11.6 Å². The molecule has 15 heavy (non-hydrogen) atoms. The van der Waals surface area contributed by atoms with Crippen LogP contribution >= 0.6 is 0 Å². The fourth-order valence-corrected chi connectivity index (χ4v) is 1.43. The van der Waals surface area contributed by atoms with E-state index in [0.717, 1.165) is 11.3 Å².